The van der Waals surface area contributed by atoms with E-state index in [9.17, 15) is 9.18 Å². The van der Waals surface area contributed by atoms with Crippen molar-refractivity contribution in [3.63, 3.8) is 0 Å². The number of rotatable bonds is 9. The summed E-state index contributed by atoms with van der Waals surface area (Å²) < 4.78 is 24.3. The molecule has 1 amide bonds. The Balaban J connectivity index is 1.31. The summed E-state index contributed by atoms with van der Waals surface area (Å²) in [7, 11) is 1.96. The summed E-state index contributed by atoms with van der Waals surface area (Å²) in [6.07, 6.45) is 3.31. The number of halogens is 1. The fourth-order valence-corrected chi connectivity index (χ4v) is 4.65. The average molecular weight is 501 g/mol. The number of fused-ring (bicyclic) bond motifs is 1. The van der Waals surface area contributed by atoms with E-state index in [-0.39, 0.29) is 18.3 Å². The molecule has 0 atom stereocenters. The van der Waals surface area contributed by atoms with Gasteiger partial charge in [0.1, 0.15) is 23.0 Å². The number of carbonyl (C=O) groups excluding carboxylic acids is 1. The summed E-state index contributed by atoms with van der Waals surface area (Å²) >= 11 is 0. The number of hydrogen-bond donors (Lipinski definition) is 1. The van der Waals surface area contributed by atoms with E-state index in [1.807, 2.05) is 38.2 Å². The molecule has 1 aliphatic carbocycles. The van der Waals surface area contributed by atoms with Gasteiger partial charge < -0.3 is 10.1 Å². The molecule has 5 rings (SSSR count). The number of amides is 1. The lowest BCUT2D eigenvalue weighted by molar-refractivity contribution is -0.118. The molecule has 0 fully saturated rings. The van der Waals surface area contributed by atoms with Crippen LogP contribution in [0.4, 0.5) is 10.1 Å². The molecule has 0 saturated heterocycles. The first-order chi connectivity index (χ1) is 17.9. The minimum Gasteiger partial charge on any atom is -0.483 e. The molecule has 1 aromatic heterocycles. The van der Waals surface area contributed by atoms with Crippen LogP contribution in [0.15, 0.2) is 65.3 Å². The van der Waals surface area contributed by atoms with Crippen LogP contribution in [0.5, 0.6) is 5.75 Å². The number of anilines is 1. The maximum Gasteiger partial charge on any atom is 0.262 e. The third-order valence-corrected chi connectivity index (χ3v) is 6.59. The zero-order chi connectivity index (χ0) is 25.8. The number of carbonyl (C=O) groups is 1. The van der Waals surface area contributed by atoms with Gasteiger partial charge in [-0.15, -0.1) is 0 Å². The summed E-state index contributed by atoms with van der Waals surface area (Å²) in [5.41, 5.74) is 7.67. The van der Waals surface area contributed by atoms with Gasteiger partial charge in [-0.05, 0) is 91.9 Å². The zero-order valence-corrected chi connectivity index (χ0v) is 21.0. The van der Waals surface area contributed by atoms with Crippen LogP contribution in [0, 0.1) is 12.7 Å². The summed E-state index contributed by atoms with van der Waals surface area (Å²) in [5, 5.41) is 10.8. The van der Waals surface area contributed by atoms with Crippen LogP contribution in [-0.4, -0.2) is 34.8 Å². The standard InChI is InChI=1S/C29H29FN4O3/c1-19-27(33-37-32-19)17-34(2)16-24-14-23(21-6-10-25(30)11-7-21)9-13-28(24)36-18-29(35)31-26-12-8-20-4-3-5-22(20)15-26/h6-15H,3-5,16-18H2,1-2H3,(H,31,35). The quantitative estimate of drug-likeness (QED) is 0.335. The molecule has 0 aliphatic heterocycles. The van der Waals surface area contributed by atoms with Crippen molar-refractivity contribution in [1.82, 2.24) is 15.2 Å². The lowest BCUT2D eigenvalue weighted by Crippen LogP contribution is -2.22. The van der Waals surface area contributed by atoms with Crippen molar-refractivity contribution >= 4 is 11.6 Å². The molecule has 0 spiro atoms. The molecule has 190 valence electrons. The molecule has 1 heterocycles. The fourth-order valence-electron chi connectivity index (χ4n) is 4.65. The molecule has 8 heteroatoms. The molecule has 4 aromatic rings. The highest BCUT2D eigenvalue weighted by Crippen LogP contribution is 2.29. The fraction of sp³-hybridized carbons (Fsp3) is 0.276. The lowest BCUT2D eigenvalue weighted by Gasteiger charge is -2.19. The van der Waals surface area contributed by atoms with Crippen molar-refractivity contribution in [1.29, 1.82) is 0 Å². The van der Waals surface area contributed by atoms with Gasteiger partial charge in [0.25, 0.3) is 5.91 Å². The molecule has 1 aliphatic rings. The van der Waals surface area contributed by atoms with Gasteiger partial charge in [-0.2, -0.15) is 0 Å². The molecule has 0 radical (unpaired) electrons. The third kappa shape index (κ3) is 6.03. The first kappa shape index (κ1) is 24.6. The molecule has 37 heavy (non-hydrogen) atoms. The Bertz CT molecular complexity index is 1400. The summed E-state index contributed by atoms with van der Waals surface area (Å²) in [6, 6.07) is 18.2. The van der Waals surface area contributed by atoms with Gasteiger partial charge >= 0.3 is 0 Å². The smallest absolute Gasteiger partial charge is 0.262 e. The van der Waals surface area contributed by atoms with E-state index in [1.165, 1.54) is 23.3 Å². The van der Waals surface area contributed by atoms with Crippen molar-refractivity contribution < 1.29 is 18.6 Å². The molecule has 1 N–H and O–H groups in total. The van der Waals surface area contributed by atoms with Crippen molar-refractivity contribution in [2.24, 2.45) is 0 Å². The van der Waals surface area contributed by atoms with Crippen LogP contribution < -0.4 is 10.1 Å². The van der Waals surface area contributed by atoms with E-state index in [4.69, 9.17) is 9.37 Å². The Morgan fingerprint density at radius 3 is 2.57 bits per heavy atom. The van der Waals surface area contributed by atoms with Crippen LogP contribution in [0.1, 0.15) is 34.5 Å². The van der Waals surface area contributed by atoms with Crippen LogP contribution >= 0.6 is 0 Å². The second-order valence-electron chi connectivity index (χ2n) is 9.47. The average Bonchev–Trinajstić information content (AvgIpc) is 3.52. The number of benzene rings is 3. The second-order valence-corrected chi connectivity index (χ2v) is 9.47. The highest BCUT2D eigenvalue weighted by Gasteiger charge is 2.15. The van der Waals surface area contributed by atoms with Gasteiger partial charge in [0.2, 0.25) is 0 Å². The van der Waals surface area contributed by atoms with Crippen LogP contribution in [0.25, 0.3) is 11.1 Å². The van der Waals surface area contributed by atoms with E-state index in [0.29, 0.717) is 18.8 Å². The Morgan fingerprint density at radius 2 is 1.78 bits per heavy atom. The number of ether oxygens (including phenoxy) is 1. The SMILES string of the molecule is Cc1nonc1CN(C)Cc1cc(-c2ccc(F)cc2)ccc1OCC(=O)Nc1ccc2c(c1)CCC2. The maximum absolute atomic E-state index is 13.4. The minimum absolute atomic E-state index is 0.115. The topological polar surface area (TPSA) is 80.5 Å². The predicted molar refractivity (Wildman–Crippen MR) is 139 cm³/mol. The molecule has 0 saturated carbocycles. The summed E-state index contributed by atoms with van der Waals surface area (Å²) in [5.74, 6) is 0.107. The molecular formula is C29H29FN4O3. The van der Waals surface area contributed by atoms with Crippen molar-refractivity contribution in [2.45, 2.75) is 39.3 Å². The van der Waals surface area contributed by atoms with Gasteiger partial charge in [-0.25, -0.2) is 9.02 Å². The van der Waals surface area contributed by atoms with Crippen molar-refractivity contribution in [2.75, 3.05) is 19.0 Å². The van der Waals surface area contributed by atoms with Gasteiger partial charge in [-0.1, -0.05) is 34.6 Å². The molecule has 0 unspecified atom stereocenters. The van der Waals surface area contributed by atoms with Gasteiger partial charge in [-0.3, -0.25) is 9.69 Å². The highest BCUT2D eigenvalue weighted by molar-refractivity contribution is 5.92. The maximum atomic E-state index is 13.4. The van der Waals surface area contributed by atoms with Gasteiger partial charge in [0.05, 0.1) is 0 Å². The lowest BCUT2D eigenvalue weighted by atomic mass is 10.0. The van der Waals surface area contributed by atoms with Crippen LogP contribution in [-0.2, 0) is 30.7 Å². The Morgan fingerprint density at radius 1 is 1.00 bits per heavy atom. The van der Waals surface area contributed by atoms with Crippen LogP contribution in [0.2, 0.25) is 0 Å². The van der Waals surface area contributed by atoms with E-state index < -0.39 is 0 Å². The van der Waals surface area contributed by atoms with Gasteiger partial charge in [0, 0.05) is 24.3 Å². The van der Waals surface area contributed by atoms with Crippen molar-refractivity contribution in [3.05, 3.63) is 94.6 Å². The number of nitrogens with zero attached hydrogens (tertiary/aromatic N) is 3. The summed E-state index contributed by atoms with van der Waals surface area (Å²) in [4.78, 5) is 14.7. The summed E-state index contributed by atoms with van der Waals surface area (Å²) in [6.45, 7) is 2.80. The number of hydrogen-bond acceptors (Lipinski definition) is 6. The molecule has 7 nitrogen and oxygen atoms in total. The number of aryl methyl sites for hydroxylation is 3. The number of nitrogens with one attached hydrogen (secondary N) is 1. The third-order valence-electron chi connectivity index (χ3n) is 6.59. The van der Waals surface area contributed by atoms with E-state index in [0.717, 1.165) is 53.0 Å². The first-order valence-electron chi connectivity index (χ1n) is 12.3. The monoisotopic (exact) mass is 500 g/mol. The highest BCUT2D eigenvalue weighted by atomic mass is 19.1. The van der Waals surface area contributed by atoms with Gasteiger partial charge in [0.15, 0.2) is 6.61 Å². The van der Waals surface area contributed by atoms with E-state index in [1.54, 1.807) is 12.1 Å². The Hall–Kier alpha value is -4.04. The zero-order valence-electron chi connectivity index (χ0n) is 21.0. The minimum atomic E-state index is -0.283. The normalized spacial score (nSPS) is 12.5. The van der Waals surface area contributed by atoms with Crippen LogP contribution in [0.3, 0.4) is 0 Å². The Labute approximate surface area is 215 Å². The molecule has 0 bridgehead atoms. The van der Waals surface area contributed by atoms with E-state index >= 15 is 0 Å². The first-order valence-corrected chi connectivity index (χ1v) is 12.3. The van der Waals surface area contributed by atoms with E-state index in [2.05, 4.69) is 32.7 Å². The predicted octanol–water partition coefficient (Wildman–Crippen LogP) is 5.32. The second kappa shape index (κ2) is 10.9. The number of aromatic nitrogens is 2. The Kier molecular flexibility index (Phi) is 7.28. The molecule has 3 aromatic carbocycles. The molecular weight excluding hydrogens is 471 g/mol. The van der Waals surface area contributed by atoms with Crippen molar-refractivity contribution in [3.8, 4) is 16.9 Å². The largest absolute Gasteiger partial charge is 0.483 e.